The van der Waals surface area contributed by atoms with Gasteiger partial charge in [-0.25, -0.2) is 4.18 Å². The van der Waals surface area contributed by atoms with E-state index in [-0.39, 0.29) is 53.1 Å². The first-order chi connectivity index (χ1) is 15.3. The van der Waals surface area contributed by atoms with Crippen LogP contribution < -0.4 is 0 Å². The van der Waals surface area contributed by atoms with Gasteiger partial charge in [0.1, 0.15) is 0 Å². The Morgan fingerprint density at radius 3 is 2.39 bits per heavy atom. The lowest BCUT2D eigenvalue weighted by Gasteiger charge is -2.66. The van der Waals surface area contributed by atoms with Gasteiger partial charge < -0.3 is 15.3 Å². The molecule has 0 heterocycles. The minimum Gasteiger partial charge on any atom is -0.393 e. The molecule has 4 N–H and O–H groups in total. The van der Waals surface area contributed by atoms with E-state index in [0.717, 1.165) is 38.5 Å². The summed E-state index contributed by atoms with van der Waals surface area (Å²) in [5.74, 6) is 1.26. The van der Waals surface area contributed by atoms with Gasteiger partial charge in [-0.15, -0.1) is 0 Å². The molecule has 0 bridgehead atoms. The number of hydrogen-bond donors (Lipinski definition) is 4. The van der Waals surface area contributed by atoms with E-state index in [1.807, 2.05) is 0 Å². The maximum atomic E-state index is 11.7. The number of fused-ring (bicyclic) bond motifs is 5. The zero-order valence-corrected chi connectivity index (χ0v) is 21.4. The van der Waals surface area contributed by atoms with Crippen LogP contribution in [0.3, 0.4) is 0 Å². The summed E-state index contributed by atoms with van der Waals surface area (Å²) in [5, 5.41) is 33.8. The topological polar surface area (TPSA) is 124 Å². The van der Waals surface area contributed by atoms with Crippen molar-refractivity contribution in [2.45, 2.75) is 97.4 Å². The van der Waals surface area contributed by atoms with Crippen LogP contribution in [-0.4, -0.2) is 53.2 Å². The fourth-order valence-corrected chi connectivity index (χ4v) is 9.89. The molecular weight excluding hydrogens is 444 g/mol. The van der Waals surface area contributed by atoms with Gasteiger partial charge in [0.15, 0.2) is 0 Å². The molecule has 5 unspecified atom stereocenters. The third kappa shape index (κ3) is 4.31. The van der Waals surface area contributed by atoms with Gasteiger partial charge in [-0.05, 0) is 97.2 Å². The Morgan fingerprint density at radius 2 is 1.76 bits per heavy atom. The molecule has 7 nitrogen and oxygen atoms in total. The van der Waals surface area contributed by atoms with Gasteiger partial charge in [0.05, 0.1) is 24.9 Å². The summed E-state index contributed by atoms with van der Waals surface area (Å²) in [7, 11) is -4.44. The number of rotatable bonds is 6. The standard InChI is InChI=1S/C25H44O7S/c1-5-16-19-12-15(26)8-10-24(19,3)22-20(27)13-25(4)17(6-7-18(25)21(22)23(16)28)14(2)9-11-32-33(29,30)31/h14-23,26-28H,5-13H2,1-4H3,(H,29,30,31)/t14-,15-,16-,17-,18?,19+,20?,21?,22?,23?,24+,25-/m1/s1. The predicted octanol–water partition coefficient (Wildman–Crippen LogP) is 3.43. The highest BCUT2D eigenvalue weighted by Gasteiger charge is 2.67. The molecule has 0 saturated heterocycles. The zero-order chi connectivity index (χ0) is 24.3. The Kier molecular flexibility index (Phi) is 7.05. The summed E-state index contributed by atoms with van der Waals surface area (Å²) in [5.41, 5.74) is -0.202. The molecule has 0 aliphatic heterocycles. The fraction of sp³-hybridized carbons (Fsp3) is 1.00. The van der Waals surface area contributed by atoms with Crippen molar-refractivity contribution in [2.24, 2.45) is 52.3 Å². The molecule has 0 spiro atoms. The van der Waals surface area contributed by atoms with Crippen molar-refractivity contribution >= 4 is 10.4 Å². The van der Waals surface area contributed by atoms with Gasteiger partial charge in [-0.3, -0.25) is 4.55 Å². The van der Waals surface area contributed by atoms with E-state index in [9.17, 15) is 23.7 Å². The Bertz CT molecular complexity index is 818. The number of hydrogen-bond acceptors (Lipinski definition) is 6. The van der Waals surface area contributed by atoms with E-state index >= 15 is 0 Å². The fourth-order valence-electron chi connectivity index (χ4n) is 9.59. The van der Waals surface area contributed by atoms with Gasteiger partial charge in [0, 0.05) is 0 Å². The minimum absolute atomic E-state index is 0.0443. The first-order valence-corrected chi connectivity index (χ1v) is 14.4. The van der Waals surface area contributed by atoms with Crippen LogP contribution >= 0.6 is 0 Å². The summed E-state index contributed by atoms with van der Waals surface area (Å²) < 4.78 is 35.4. The van der Waals surface area contributed by atoms with Crippen molar-refractivity contribution in [3.63, 3.8) is 0 Å². The van der Waals surface area contributed by atoms with Gasteiger partial charge in [0.25, 0.3) is 0 Å². The molecule has 4 fully saturated rings. The molecular formula is C25H44O7S. The quantitative estimate of drug-likeness (QED) is 0.422. The van der Waals surface area contributed by atoms with E-state index < -0.39 is 22.6 Å². The number of aliphatic hydroxyl groups excluding tert-OH is 3. The lowest BCUT2D eigenvalue weighted by atomic mass is 9.40. The normalized spacial score (nSPS) is 50.8. The van der Waals surface area contributed by atoms with Gasteiger partial charge in [-0.1, -0.05) is 34.1 Å². The van der Waals surface area contributed by atoms with Crippen molar-refractivity contribution in [2.75, 3.05) is 6.61 Å². The lowest BCUT2D eigenvalue weighted by Crippen LogP contribution is -2.65. The first-order valence-electron chi connectivity index (χ1n) is 13.0. The summed E-state index contributed by atoms with van der Waals surface area (Å²) in [6.45, 7) is 8.78. The lowest BCUT2D eigenvalue weighted by molar-refractivity contribution is -0.235. The highest BCUT2D eigenvalue weighted by atomic mass is 32.3. The van der Waals surface area contributed by atoms with Gasteiger partial charge >= 0.3 is 10.4 Å². The van der Waals surface area contributed by atoms with Gasteiger partial charge in [-0.2, -0.15) is 8.42 Å². The second-order valence-corrected chi connectivity index (χ2v) is 13.4. The maximum Gasteiger partial charge on any atom is 0.397 e. The molecule has 4 saturated carbocycles. The molecule has 0 aromatic rings. The van der Waals surface area contributed by atoms with Crippen molar-refractivity contribution in [1.82, 2.24) is 0 Å². The van der Waals surface area contributed by atoms with Crippen LogP contribution in [-0.2, 0) is 14.6 Å². The smallest absolute Gasteiger partial charge is 0.393 e. The summed E-state index contributed by atoms with van der Waals surface area (Å²) in [6, 6.07) is 0. The molecule has 4 aliphatic carbocycles. The largest absolute Gasteiger partial charge is 0.397 e. The van der Waals surface area contributed by atoms with Crippen molar-refractivity contribution in [3.8, 4) is 0 Å². The molecule has 0 radical (unpaired) electrons. The average Bonchev–Trinajstić information content (AvgIpc) is 3.04. The average molecular weight is 489 g/mol. The first kappa shape index (κ1) is 25.8. The Morgan fingerprint density at radius 1 is 1.06 bits per heavy atom. The number of aliphatic hydroxyl groups is 3. The molecule has 8 heteroatoms. The maximum absolute atomic E-state index is 11.7. The zero-order valence-electron chi connectivity index (χ0n) is 20.6. The van der Waals surface area contributed by atoms with Crippen LogP contribution in [0.25, 0.3) is 0 Å². The molecule has 33 heavy (non-hydrogen) atoms. The van der Waals surface area contributed by atoms with Crippen LogP contribution in [0.2, 0.25) is 0 Å². The van der Waals surface area contributed by atoms with Crippen molar-refractivity contribution < 1.29 is 32.5 Å². The monoisotopic (exact) mass is 488 g/mol. The summed E-state index contributed by atoms with van der Waals surface area (Å²) in [6.07, 6.45) is 5.21. The molecule has 4 aliphatic rings. The van der Waals surface area contributed by atoms with Crippen molar-refractivity contribution in [1.29, 1.82) is 0 Å². The van der Waals surface area contributed by atoms with Crippen LogP contribution in [0.5, 0.6) is 0 Å². The molecule has 12 atom stereocenters. The van der Waals surface area contributed by atoms with Crippen LogP contribution in [0.1, 0.15) is 79.1 Å². The highest BCUT2D eigenvalue weighted by Crippen LogP contribution is 2.69. The second-order valence-electron chi connectivity index (χ2n) is 12.3. The van der Waals surface area contributed by atoms with Crippen LogP contribution in [0, 0.1) is 52.3 Å². The molecule has 4 rings (SSSR count). The van der Waals surface area contributed by atoms with Crippen LogP contribution in [0.4, 0.5) is 0 Å². The van der Waals surface area contributed by atoms with Crippen molar-refractivity contribution in [3.05, 3.63) is 0 Å². The molecule has 0 aromatic heterocycles. The highest BCUT2D eigenvalue weighted by molar-refractivity contribution is 7.80. The van der Waals surface area contributed by atoms with Crippen LogP contribution in [0.15, 0.2) is 0 Å². The van der Waals surface area contributed by atoms with E-state index in [2.05, 4.69) is 31.9 Å². The third-order valence-electron chi connectivity index (χ3n) is 10.9. The minimum atomic E-state index is -4.44. The van der Waals surface area contributed by atoms with E-state index in [1.54, 1.807) is 0 Å². The molecule has 192 valence electrons. The third-order valence-corrected chi connectivity index (χ3v) is 11.4. The van der Waals surface area contributed by atoms with E-state index in [1.165, 1.54) is 0 Å². The predicted molar refractivity (Wildman–Crippen MR) is 124 cm³/mol. The Hall–Kier alpha value is -0.250. The summed E-state index contributed by atoms with van der Waals surface area (Å²) in [4.78, 5) is 0. The SMILES string of the molecule is CC[C@H]1C(O)C2C3CC[C@H]([C@H](C)CCOS(=O)(=O)O)[C@@]3(C)CC(O)C2[C@@]2(C)CC[C@@H](O)C[C@@H]12. The van der Waals surface area contributed by atoms with E-state index in [0.29, 0.717) is 24.7 Å². The summed E-state index contributed by atoms with van der Waals surface area (Å²) >= 11 is 0. The van der Waals surface area contributed by atoms with E-state index in [4.69, 9.17) is 4.55 Å². The second kappa shape index (κ2) is 9.00. The molecule has 0 aromatic carbocycles. The molecule has 0 amide bonds. The van der Waals surface area contributed by atoms with Gasteiger partial charge in [0.2, 0.25) is 0 Å². The Labute approximate surface area is 199 Å². The Balaban J connectivity index is 1.61.